The van der Waals surface area contributed by atoms with Crippen LogP contribution < -0.4 is 0 Å². The Morgan fingerprint density at radius 1 is 0.276 bits per heavy atom. The molecule has 0 saturated carbocycles. The fourth-order valence-corrected chi connectivity index (χ4v) is 8.75. The molecule has 434 valence electrons. The maximum atomic E-state index is 12.9. The highest BCUT2D eigenvalue weighted by Crippen LogP contribution is 2.15. The molecule has 0 heterocycles. The van der Waals surface area contributed by atoms with Crippen LogP contribution in [0.5, 0.6) is 0 Å². The number of carbonyl (C=O) groups is 3. The molecule has 0 bridgehead atoms. The molecule has 6 heteroatoms. The number of hydrogen-bond donors (Lipinski definition) is 0. The lowest BCUT2D eigenvalue weighted by atomic mass is 10.1. The Hall–Kier alpha value is -3.93. The molecule has 6 nitrogen and oxygen atoms in total. The van der Waals surface area contributed by atoms with E-state index in [1.165, 1.54) is 135 Å². The van der Waals surface area contributed by atoms with E-state index < -0.39 is 6.10 Å². The standard InChI is InChI=1S/C70H118O6/c1-4-7-10-13-16-19-21-23-25-27-29-30-31-32-33-34-35-36-37-38-39-40-42-43-45-47-49-51-54-57-60-63-69(72)75-66-67(65-74-68(71)62-59-56-53-18-15-12-9-6-3)76-70(73)64-61-58-55-52-50-48-46-44-41-28-26-24-22-20-17-14-11-8-5-2/h7,10,16,19,23-26,29-30,32-33,35-36,38-39,42-43,67H,4-6,8-9,11-15,17-18,20-22,27-28,31,34,37,40-41,44-66H2,1-3H3/b10-7-,19-16-,25-23-,26-24-,30-29-,33-32-,36-35-,39-38-,43-42-. The molecule has 76 heavy (non-hydrogen) atoms. The predicted molar refractivity (Wildman–Crippen MR) is 330 cm³/mol. The highest BCUT2D eigenvalue weighted by Gasteiger charge is 2.19. The Morgan fingerprint density at radius 2 is 0.513 bits per heavy atom. The van der Waals surface area contributed by atoms with Crippen molar-refractivity contribution in [2.24, 2.45) is 0 Å². The van der Waals surface area contributed by atoms with Gasteiger partial charge < -0.3 is 14.2 Å². The molecule has 0 spiro atoms. The molecule has 0 aromatic heterocycles. The number of allylic oxidation sites excluding steroid dienone is 18. The minimum absolute atomic E-state index is 0.0820. The van der Waals surface area contributed by atoms with Gasteiger partial charge in [-0.25, -0.2) is 0 Å². The summed E-state index contributed by atoms with van der Waals surface area (Å²) in [6.07, 6.45) is 86.8. The number of hydrogen-bond acceptors (Lipinski definition) is 6. The Morgan fingerprint density at radius 3 is 0.816 bits per heavy atom. The summed E-state index contributed by atoms with van der Waals surface area (Å²) in [6.45, 7) is 6.49. The largest absolute Gasteiger partial charge is 0.462 e. The Kier molecular flexibility index (Phi) is 60.3. The maximum Gasteiger partial charge on any atom is 0.306 e. The van der Waals surface area contributed by atoms with E-state index in [4.69, 9.17) is 14.2 Å². The van der Waals surface area contributed by atoms with Gasteiger partial charge >= 0.3 is 17.9 Å². The molecule has 0 amide bonds. The minimum Gasteiger partial charge on any atom is -0.462 e. The zero-order valence-corrected chi connectivity index (χ0v) is 49.7. The van der Waals surface area contributed by atoms with Crippen LogP contribution in [0.25, 0.3) is 0 Å². The van der Waals surface area contributed by atoms with E-state index in [1.807, 2.05) is 0 Å². The zero-order valence-electron chi connectivity index (χ0n) is 49.7. The van der Waals surface area contributed by atoms with Crippen molar-refractivity contribution in [2.45, 2.75) is 303 Å². The summed E-state index contributed by atoms with van der Waals surface area (Å²) in [5.74, 6) is -0.898. The van der Waals surface area contributed by atoms with Gasteiger partial charge in [-0.15, -0.1) is 0 Å². The van der Waals surface area contributed by atoms with Crippen molar-refractivity contribution in [2.75, 3.05) is 13.2 Å². The molecular formula is C70H118O6. The lowest BCUT2D eigenvalue weighted by Crippen LogP contribution is -2.30. The third kappa shape index (κ3) is 60.9. The van der Waals surface area contributed by atoms with Gasteiger partial charge in [-0.05, 0) is 109 Å². The average Bonchev–Trinajstić information content (AvgIpc) is 3.42. The Balaban J connectivity index is 4.22. The van der Waals surface area contributed by atoms with Crippen molar-refractivity contribution >= 4 is 17.9 Å². The van der Waals surface area contributed by atoms with Crippen LogP contribution >= 0.6 is 0 Å². The normalized spacial score (nSPS) is 12.8. The smallest absolute Gasteiger partial charge is 0.306 e. The van der Waals surface area contributed by atoms with Gasteiger partial charge in [0.2, 0.25) is 0 Å². The summed E-state index contributed by atoms with van der Waals surface area (Å²) < 4.78 is 16.8. The molecule has 0 aliphatic carbocycles. The van der Waals surface area contributed by atoms with Gasteiger partial charge in [-0.2, -0.15) is 0 Å². The lowest BCUT2D eigenvalue weighted by Gasteiger charge is -2.18. The molecule has 0 aromatic carbocycles. The van der Waals surface area contributed by atoms with Crippen LogP contribution in [0.15, 0.2) is 109 Å². The Labute approximate surface area is 470 Å². The van der Waals surface area contributed by atoms with Crippen LogP contribution in [0, 0.1) is 0 Å². The van der Waals surface area contributed by atoms with E-state index in [-0.39, 0.29) is 31.1 Å². The molecule has 0 aliphatic rings. The van der Waals surface area contributed by atoms with E-state index in [1.54, 1.807) is 0 Å². The van der Waals surface area contributed by atoms with Gasteiger partial charge in [0.05, 0.1) is 0 Å². The highest BCUT2D eigenvalue weighted by molar-refractivity contribution is 5.71. The predicted octanol–water partition coefficient (Wildman–Crippen LogP) is 21.8. The molecule has 0 radical (unpaired) electrons. The second kappa shape index (κ2) is 63.6. The molecule has 0 N–H and O–H groups in total. The fourth-order valence-electron chi connectivity index (χ4n) is 8.75. The molecule has 1 unspecified atom stereocenters. The van der Waals surface area contributed by atoms with Crippen LogP contribution in [-0.2, 0) is 28.6 Å². The van der Waals surface area contributed by atoms with E-state index in [2.05, 4.69) is 130 Å². The third-order valence-electron chi connectivity index (χ3n) is 13.5. The topological polar surface area (TPSA) is 78.9 Å². The summed E-state index contributed by atoms with van der Waals surface area (Å²) in [4.78, 5) is 38.1. The zero-order chi connectivity index (χ0) is 55.0. The van der Waals surface area contributed by atoms with Gasteiger partial charge in [-0.1, -0.05) is 278 Å². The first-order valence-electron chi connectivity index (χ1n) is 31.9. The molecule has 0 aromatic rings. The summed E-state index contributed by atoms with van der Waals surface area (Å²) in [5, 5.41) is 0. The van der Waals surface area contributed by atoms with Gasteiger partial charge in [0.1, 0.15) is 13.2 Å². The lowest BCUT2D eigenvalue weighted by molar-refractivity contribution is -0.167. The highest BCUT2D eigenvalue weighted by atomic mass is 16.6. The van der Waals surface area contributed by atoms with E-state index in [0.29, 0.717) is 19.3 Å². The summed E-state index contributed by atoms with van der Waals surface area (Å²) in [7, 11) is 0. The van der Waals surface area contributed by atoms with Gasteiger partial charge in [0, 0.05) is 19.3 Å². The first kappa shape index (κ1) is 72.1. The number of carbonyl (C=O) groups excluding carboxylic acids is 3. The maximum absolute atomic E-state index is 12.9. The van der Waals surface area contributed by atoms with Crippen molar-refractivity contribution in [1.29, 1.82) is 0 Å². The number of unbranched alkanes of at least 4 members (excludes halogenated alkanes) is 28. The van der Waals surface area contributed by atoms with Gasteiger partial charge in [-0.3, -0.25) is 14.4 Å². The van der Waals surface area contributed by atoms with Crippen molar-refractivity contribution in [3.63, 3.8) is 0 Å². The monoisotopic (exact) mass is 1050 g/mol. The van der Waals surface area contributed by atoms with E-state index in [9.17, 15) is 14.4 Å². The van der Waals surface area contributed by atoms with Crippen molar-refractivity contribution in [3.05, 3.63) is 109 Å². The van der Waals surface area contributed by atoms with E-state index in [0.717, 1.165) is 122 Å². The summed E-state index contributed by atoms with van der Waals surface area (Å²) in [6, 6.07) is 0. The molecule has 1 atom stereocenters. The van der Waals surface area contributed by atoms with Gasteiger partial charge in [0.25, 0.3) is 0 Å². The second-order valence-corrected chi connectivity index (χ2v) is 20.9. The van der Waals surface area contributed by atoms with Crippen LogP contribution in [0.4, 0.5) is 0 Å². The summed E-state index contributed by atoms with van der Waals surface area (Å²) >= 11 is 0. The van der Waals surface area contributed by atoms with Crippen molar-refractivity contribution in [1.82, 2.24) is 0 Å². The number of esters is 3. The van der Waals surface area contributed by atoms with Crippen molar-refractivity contribution in [3.8, 4) is 0 Å². The van der Waals surface area contributed by atoms with Crippen LogP contribution in [-0.4, -0.2) is 37.2 Å². The fraction of sp³-hybridized carbons (Fsp3) is 0.700. The average molecular weight is 1060 g/mol. The Bertz CT molecular complexity index is 1540. The molecule has 0 fully saturated rings. The van der Waals surface area contributed by atoms with Crippen LogP contribution in [0.3, 0.4) is 0 Å². The van der Waals surface area contributed by atoms with Gasteiger partial charge in [0.15, 0.2) is 6.10 Å². The van der Waals surface area contributed by atoms with E-state index >= 15 is 0 Å². The quantitative estimate of drug-likeness (QED) is 0.0261. The molecule has 0 rings (SSSR count). The molecule has 0 aliphatic heterocycles. The number of rotatable bonds is 57. The third-order valence-corrected chi connectivity index (χ3v) is 13.5. The molecular weight excluding hydrogens is 937 g/mol. The first-order chi connectivity index (χ1) is 37.5. The van der Waals surface area contributed by atoms with Crippen LogP contribution in [0.1, 0.15) is 297 Å². The van der Waals surface area contributed by atoms with Crippen LogP contribution in [0.2, 0.25) is 0 Å². The minimum atomic E-state index is -0.784. The molecule has 0 saturated heterocycles. The number of ether oxygens (including phenoxy) is 3. The SMILES string of the molecule is CC/C=C\C/C=C\C/C=C\C/C=C\C/C=C\C/C=C\C/C=C\C/C=C\CCCCCCCCC(=O)OCC(COC(=O)CCCCCCCCCC)OC(=O)CCCCCCCCCCC/C=C\CCCCCCCC. The first-order valence-corrected chi connectivity index (χ1v) is 31.9. The second-order valence-electron chi connectivity index (χ2n) is 20.9. The van der Waals surface area contributed by atoms with Crippen molar-refractivity contribution < 1.29 is 28.6 Å². The summed E-state index contributed by atoms with van der Waals surface area (Å²) in [5.41, 5.74) is 0.